The number of carbonyl (C=O) groups is 3. The van der Waals surface area contributed by atoms with E-state index in [0.717, 1.165) is 27.3 Å². The summed E-state index contributed by atoms with van der Waals surface area (Å²) in [4.78, 5) is 40.9. The molecule has 0 saturated heterocycles. The van der Waals surface area contributed by atoms with Crippen LogP contribution in [0.5, 0.6) is 0 Å². The van der Waals surface area contributed by atoms with E-state index in [1.807, 2.05) is 33.8 Å². The quantitative estimate of drug-likeness (QED) is 0.582. The molecule has 2 heterocycles. The smallest absolute Gasteiger partial charge is 0.354 e. The summed E-state index contributed by atoms with van der Waals surface area (Å²) in [5, 5.41) is 22.9. The molecule has 2 N–H and O–H groups in total. The van der Waals surface area contributed by atoms with E-state index >= 15 is 0 Å². The van der Waals surface area contributed by atoms with E-state index in [1.165, 1.54) is 0 Å². The maximum Gasteiger partial charge on any atom is 0.354 e. The van der Waals surface area contributed by atoms with Crippen LogP contribution in [0.3, 0.4) is 0 Å². The Kier molecular flexibility index (Phi) is 5.11. The summed E-state index contributed by atoms with van der Waals surface area (Å²) in [6.07, 6.45) is 1.32. The lowest BCUT2D eigenvalue weighted by Crippen LogP contribution is -2.29. The van der Waals surface area contributed by atoms with Crippen molar-refractivity contribution in [3.8, 4) is 0 Å². The van der Waals surface area contributed by atoms with E-state index in [4.69, 9.17) is 4.74 Å². The molecule has 0 bridgehead atoms. The van der Waals surface area contributed by atoms with Gasteiger partial charge in [-0.25, -0.2) is 14.6 Å². The molecular formula is C21H22N6O5. The summed E-state index contributed by atoms with van der Waals surface area (Å²) in [5.74, 6) is -2.29. The number of esters is 1. The molecule has 11 nitrogen and oxygen atoms in total. The summed E-state index contributed by atoms with van der Waals surface area (Å²) in [6.45, 7) is 7.32. The van der Waals surface area contributed by atoms with E-state index < -0.39 is 17.5 Å². The van der Waals surface area contributed by atoms with Gasteiger partial charge in [-0.1, -0.05) is 11.2 Å². The number of amides is 1. The largest absolute Gasteiger partial charge is 0.477 e. The molecule has 1 aromatic carbocycles. The molecule has 3 aromatic rings. The molecule has 0 spiro atoms. The summed E-state index contributed by atoms with van der Waals surface area (Å²) < 4.78 is 6.44. The highest BCUT2D eigenvalue weighted by atomic mass is 16.6. The van der Waals surface area contributed by atoms with Gasteiger partial charge in [-0.3, -0.25) is 4.79 Å². The first-order valence-electron chi connectivity index (χ1n) is 10.0. The van der Waals surface area contributed by atoms with Gasteiger partial charge in [0.15, 0.2) is 5.69 Å². The molecule has 2 aromatic heterocycles. The fraction of sp³-hybridized carbons (Fsp3) is 0.381. The first-order valence-corrected chi connectivity index (χ1v) is 10.0. The number of rotatable bonds is 4. The van der Waals surface area contributed by atoms with Crippen LogP contribution < -0.4 is 5.32 Å². The summed E-state index contributed by atoms with van der Waals surface area (Å²) >= 11 is 0. The highest BCUT2D eigenvalue weighted by Crippen LogP contribution is 2.35. The van der Waals surface area contributed by atoms with Crippen molar-refractivity contribution >= 4 is 23.6 Å². The van der Waals surface area contributed by atoms with Crippen LogP contribution in [0.1, 0.15) is 81.3 Å². The number of nitrogens with zero attached hydrogens (tertiary/aromatic N) is 5. The van der Waals surface area contributed by atoms with Gasteiger partial charge >= 0.3 is 11.9 Å². The van der Waals surface area contributed by atoms with Crippen LogP contribution in [0, 0.1) is 6.92 Å². The number of benzene rings is 1. The average Bonchev–Trinajstić information content (AvgIpc) is 3.33. The summed E-state index contributed by atoms with van der Waals surface area (Å²) in [5.41, 5.74) is 2.28. The number of hydrogen-bond acceptors (Lipinski definition) is 8. The molecule has 0 saturated carbocycles. The summed E-state index contributed by atoms with van der Waals surface area (Å²) in [7, 11) is 0. The molecular weight excluding hydrogens is 416 g/mol. The van der Waals surface area contributed by atoms with Gasteiger partial charge in [0.25, 0.3) is 11.7 Å². The lowest BCUT2D eigenvalue weighted by Gasteiger charge is -2.21. The Labute approximate surface area is 182 Å². The Morgan fingerprint density at radius 2 is 2.00 bits per heavy atom. The minimum Gasteiger partial charge on any atom is -0.477 e. The lowest BCUT2D eigenvalue weighted by molar-refractivity contribution is 0.00682. The van der Waals surface area contributed by atoms with Crippen molar-refractivity contribution in [2.75, 3.05) is 0 Å². The normalized spacial score (nSPS) is 15.4. The van der Waals surface area contributed by atoms with Crippen LogP contribution in [0.15, 0.2) is 18.2 Å². The molecule has 0 aliphatic heterocycles. The Balaban J connectivity index is 1.59. The van der Waals surface area contributed by atoms with E-state index in [-0.39, 0.29) is 29.2 Å². The third-order valence-corrected chi connectivity index (χ3v) is 5.24. The Hall–Kier alpha value is -3.89. The monoisotopic (exact) mass is 438 g/mol. The van der Waals surface area contributed by atoms with Gasteiger partial charge in [0.1, 0.15) is 11.3 Å². The van der Waals surface area contributed by atoms with E-state index in [1.54, 1.807) is 6.07 Å². The fourth-order valence-electron chi connectivity index (χ4n) is 3.82. The molecule has 1 amide bonds. The van der Waals surface area contributed by atoms with Crippen molar-refractivity contribution in [3.05, 3.63) is 51.8 Å². The zero-order valence-corrected chi connectivity index (χ0v) is 18.0. The Bertz CT molecular complexity index is 1260. The van der Waals surface area contributed by atoms with Gasteiger partial charge in [0, 0.05) is 6.07 Å². The number of aromatic carboxylic acids is 1. The molecule has 1 atom stereocenters. The number of tetrazole rings is 1. The molecule has 1 aliphatic rings. The second-order valence-electron chi connectivity index (χ2n) is 8.59. The highest BCUT2D eigenvalue weighted by molar-refractivity contribution is 5.96. The van der Waals surface area contributed by atoms with Crippen molar-refractivity contribution in [1.82, 2.24) is 30.3 Å². The molecule has 166 valence electrons. The van der Waals surface area contributed by atoms with Gasteiger partial charge in [-0.05, 0) is 73.7 Å². The second kappa shape index (κ2) is 7.66. The molecule has 1 aliphatic carbocycles. The standard InChI is InChI=1S/C21H22N6O5/c1-10-11-7-8-14(13(11)6-5-12(10)19(31)32-21(2,3)4)22-17(28)15-9-16(18(29)30)27-20(23-15)24-25-26-27/h5-6,9,14H,7-8H2,1-4H3,(H,22,28)(H,29,30)/t14-/m0/s1. The van der Waals surface area contributed by atoms with Crippen molar-refractivity contribution in [1.29, 1.82) is 0 Å². The number of fused-ring (bicyclic) bond motifs is 2. The van der Waals surface area contributed by atoms with Crippen molar-refractivity contribution in [2.24, 2.45) is 0 Å². The first kappa shape index (κ1) is 21.3. The van der Waals surface area contributed by atoms with E-state index in [9.17, 15) is 19.5 Å². The Morgan fingerprint density at radius 3 is 2.69 bits per heavy atom. The SMILES string of the molecule is Cc1c(C(=O)OC(C)(C)C)ccc2c1CC[C@@H]2NC(=O)c1cc(C(=O)O)n2nnnc2n1. The predicted molar refractivity (Wildman–Crippen MR) is 110 cm³/mol. The lowest BCUT2D eigenvalue weighted by atomic mass is 9.97. The van der Waals surface area contributed by atoms with Crippen LogP contribution in [0.25, 0.3) is 5.78 Å². The third-order valence-electron chi connectivity index (χ3n) is 5.24. The first-order chi connectivity index (χ1) is 15.0. The average molecular weight is 438 g/mol. The predicted octanol–water partition coefficient (Wildman–Crippen LogP) is 1.90. The zero-order chi connectivity index (χ0) is 23.2. The number of ether oxygens (including phenoxy) is 1. The van der Waals surface area contributed by atoms with Crippen LogP contribution in [-0.2, 0) is 11.2 Å². The topological polar surface area (TPSA) is 149 Å². The fourth-order valence-corrected chi connectivity index (χ4v) is 3.82. The second-order valence-corrected chi connectivity index (χ2v) is 8.59. The minimum atomic E-state index is -1.28. The molecule has 4 rings (SSSR count). The van der Waals surface area contributed by atoms with Crippen molar-refractivity contribution in [3.63, 3.8) is 0 Å². The van der Waals surface area contributed by atoms with Crippen molar-refractivity contribution < 1.29 is 24.2 Å². The van der Waals surface area contributed by atoms with Crippen LogP contribution in [0.4, 0.5) is 0 Å². The molecule has 32 heavy (non-hydrogen) atoms. The number of carboxylic acid groups (broad SMARTS) is 1. The van der Waals surface area contributed by atoms with E-state index in [0.29, 0.717) is 18.4 Å². The number of hydrogen-bond donors (Lipinski definition) is 2. The number of carboxylic acids is 1. The van der Waals surface area contributed by atoms with Gasteiger partial charge in [0.05, 0.1) is 11.6 Å². The number of aromatic nitrogens is 5. The van der Waals surface area contributed by atoms with Gasteiger partial charge in [-0.2, -0.15) is 4.52 Å². The third kappa shape index (κ3) is 3.88. The highest BCUT2D eigenvalue weighted by Gasteiger charge is 2.29. The minimum absolute atomic E-state index is 0.0836. The van der Waals surface area contributed by atoms with Gasteiger partial charge in [0.2, 0.25) is 0 Å². The molecule has 0 unspecified atom stereocenters. The van der Waals surface area contributed by atoms with Crippen molar-refractivity contribution in [2.45, 2.75) is 52.2 Å². The number of nitrogens with one attached hydrogen (secondary N) is 1. The molecule has 0 fully saturated rings. The van der Waals surface area contributed by atoms with E-state index in [2.05, 4.69) is 25.8 Å². The summed E-state index contributed by atoms with van der Waals surface area (Å²) in [6, 6.07) is 4.36. The number of carbonyl (C=O) groups excluding carboxylic acids is 2. The zero-order valence-electron chi connectivity index (χ0n) is 18.0. The van der Waals surface area contributed by atoms with Gasteiger partial charge < -0.3 is 15.2 Å². The maximum absolute atomic E-state index is 12.8. The maximum atomic E-state index is 12.8. The Morgan fingerprint density at radius 1 is 1.25 bits per heavy atom. The molecule has 11 heteroatoms. The van der Waals surface area contributed by atoms with Gasteiger partial charge in [-0.15, -0.1) is 0 Å². The molecule has 0 radical (unpaired) electrons. The van der Waals surface area contributed by atoms with Crippen LogP contribution in [-0.4, -0.2) is 53.6 Å². The van der Waals surface area contributed by atoms with Crippen LogP contribution in [0.2, 0.25) is 0 Å². The van der Waals surface area contributed by atoms with Crippen LogP contribution >= 0.6 is 0 Å².